The molecule has 0 aliphatic carbocycles. The van der Waals surface area contributed by atoms with Gasteiger partial charge >= 0.3 is 0 Å². The second kappa shape index (κ2) is 11.0. The van der Waals surface area contributed by atoms with Crippen LogP contribution in [0.25, 0.3) is 11.1 Å². The Bertz CT molecular complexity index is 1240. The Labute approximate surface area is 204 Å². The highest BCUT2D eigenvalue weighted by molar-refractivity contribution is 9.10. The zero-order valence-corrected chi connectivity index (χ0v) is 21.4. The van der Waals surface area contributed by atoms with E-state index in [1.54, 1.807) is 18.2 Å². The summed E-state index contributed by atoms with van der Waals surface area (Å²) >= 11 is 3.27. The normalized spacial score (nSPS) is 11.4. The number of rotatable bonds is 9. The fraction of sp³-hybridized carbons (Fsp3) is 0.269. The number of carbonyl (C=O) groups excluding carboxylic acids is 1. The van der Waals surface area contributed by atoms with Crippen LogP contribution in [-0.4, -0.2) is 20.9 Å². The van der Waals surface area contributed by atoms with Gasteiger partial charge in [-0.2, -0.15) is 0 Å². The van der Waals surface area contributed by atoms with Gasteiger partial charge in [0.25, 0.3) is 15.9 Å². The van der Waals surface area contributed by atoms with Crippen molar-refractivity contribution in [2.45, 2.75) is 38.5 Å². The Morgan fingerprint density at radius 1 is 1.03 bits per heavy atom. The second-order valence-corrected chi connectivity index (χ2v) is 10.8. The Morgan fingerprint density at radius 2 is 1.79 bits per heavy atom. The lowest BCUT2D eigenvalue weighted by Crippen LogP contribution is -2.31. The molecule has 0 aromatic heterocycles. The van der Waals surface area contributed by atoms with E-state index in [1.165, 1.54) is 12.1 Å². The van der Waals surface area contributed by atoms with Crippen molar-refractivity contribution in [3.63, 3.8) is 0 Å². The number of hydrogen-bond donors (Lipinski definition) is 1. The summed E-state index contributed by atoms with van der Waals surface area (Å²) in [5, 5.41) is 0. The summed E-state index contributed by atoms with van der Waals surface area (Å²) < 4.78 is 34.3. The first-order valence-electron chi connectivity index (χ1n) is 10.9. The monoisotopic (exact) mass is 529 g/mol. The lowest BCUT2D eigenvalue weighted by Gasteiger charge is -2.16. The van der Waals surface area contributed by atoms with Crippen LogP contribution in [0, 0.1) is 5.92 Å². The van der Waals surface area contributed by atoms with E-state index in [4.69, 9.17) is 4.74 Å². The molecular weight excluding hydrogens is 502 g/mol. The molecule has 3 aromatic rings. The van der Waals surface area contributed by atoms with Gasteiger partial charge in [-0.05, 0) is 60.2 Å². The van der Waals surface area contributed by atoms with Crippen molar-refractivity contribution in [2.24, 2.45) is 5.92 Å². The van der Waals surface area contributed by atoms with Crippen molar-refractivity contribution in [3.05, 3.63) is 82.3 Å². The van der Waals surface area contributed by atoms with E-state index in [1.807, 2.05) is 36.4 Å². The van der Waals surface area contributed by atoms with Crippen LogP contribution in [0.5, 0.6) is 5.75 Å². The third-order valence-corrected chi connectivity index (χ3v) is 6.79. The number of halogens is 1. The summed E-state index contributed by atoms with van der Waals surface area (Å²) in [7, 11) is -4.00. The second-order valence-electron chi connectivity index (χ2n) is 8.21. The van der Waals surface area contributed by atoms with Crippen molar-refractivity contribution >= 4 is 31.9 Å². The van der Waals surface area contributed by atoms with Gasteiger partial charge in [0.15, 0.2) is 0 Å². The lowest BCUT2D eigenvalue weighted by molar-refractivity contribution is 0.0980. The van der Waals surface area contributed by atoms with Crippen molar-refractivity contribution in [3.8, 4) is 16.9 Å². The van der Waals surface area contributed by atoms with E-state index >= 15 is 0 Å². The maximum Gasteiger partial charge on any atom is 0.265 e. The summed E-state index contributed by atoms with van der Waals surface area (Å²) in [6.45, 7) is 6.79. The predicted octanol–water partition coefficient (Wildman–Crippen LogP) is 6.22. The molecule has 7 heteroatoms. The zero-order chi connectivity index (χ0) is 24.0. The van der Waals surface area contributed by atoms with Gasteiger partial charge < -0.3 is 4.74 Å². The molecule has 0 spiro atoms. The number of ether oxygens (including phenoxy) is 1. The number of para-hydroxylation sites is 1. The topological polar surface area (TPSA) is 72.5 Å². The molecule has 174 valence electrons. The van der Waals surface area contributed by atoms with Crippen molar-refractivity contribution < 1.29 is 17.9 Å². The number of amides is 1. The van der Waals surface area contributed by atoms with E-state index in [2.05, 4.69) is 41.4 Å². The van der Waals surface area contributed by atoms with Crippen LogP contribution in [0.2, 0.25) is 0 Å². The Morgan fingerprint density at radius 3 is 2.48 bits per heavy atom. The van der Waals surface area contributed by atoms with Crippen LogP contribution in [0.1, 0.15) is 43.1 Å². The van der Waals surface area contributed by atoms with E-state index in [0.717, 1.165) is 28.9 Å². The highest BCUT2D eigenvalue weighted by atomic mass is 79.9. The largest absolute Gasteiger partial charge is 0.493 e. The summed E-state index contributed by atoms with van der Waals surface area (Å²) in [4.78, 5) is 13.1. The van der Waals surface area contributed by atoms with Gasteiger partial charge in [0.05, 0.1) is 11.5 Å². The van der Waals surface area contributed by atoms with Crippen LogP contribution < -0.4 is 9.46 Å². The predicted molar refractivity (Wildman–Crippen MR) is 135 cm³/mol. The van der Waals surface area contributed by atoms with Gasteiger partial charge in [0, 0.05) is 15.6 Å². The third-order valence-electron chi connectivity index (χ3n) is 4.97. The van der Waals surface area contributed by atoms with Crippen molar-refractivity contribution in [1.29, 1.82) is 0 Å². The van der Waals surface area contributed by atoms with Crippen LogP contribution >= 0.6 is 15.9 Å². The molecule has 1 amide bonds. The number of nitrogens with one attached hydrogen (secondary N) is 1. The van der Waals surface area contributed by atoms with Gasteiger partial charge in [-0.15, -0.1) is 0 Å². The minimum Gasteiger partial charge on any atom is -0.493 e. The van der Waals surface area contributed by atoms with E-state index in [0.29, 0.717) is 23.1 Å². The molecular formula is C26H28BrNO4S. The maximum atomic E-state index is 13.1. The molecule has 0 atom stereocenters. The van der Waals surface area contributed by atoms with Gasteiger partial charge in [-0.3, -0.25) is 4.79 Å². The zero-order valence-electron chi connectivity index (χ0n) is 19.0. The fourth-order valence-electron chi connectivity index (χ4n) is 3.50. The third kappa shape index (κ3) is 6.45. The quantitative estimate of drug-likeness (QED) is 0.357. The highest BCUT2D eigenvalue weighted by Gasteiger charge is 2.22. The van der Waals surface area contributed by atoms with Crippen LogP contribution in [0.4, 0.5) is 0 Å². The highest BCUT2D eigenvalue weighted by Crippen LogP contribution is 2.32. The Balaban J connectivity index is 1.97. The Kier molecular flexibility index (Phi) is 8.32. The minimum absolute atomic E-state index is 0.0225. The smallest absolute Gasteiger partial charge is 0.265 e. The summed E-state index contributed by atoms with van der Waals surface area (Å²) in [6.07, 6.45) is 1.53. The molecule has 0 fully saturated rings. The van der Waals surface area contributed by atoms with Crippen LogP contribution in [-0.2, 0) is 16.4 Å². The summed E-state index contributed by atoms with van der Waals surface area (Å²) in [6, 6.07) is 19.5. The SMILES string of the molecule is CCCOc1ccccc1-c1ccc(C(=O)NS(=O)(=O)c2cccc(Br)c2)c(CC(C)C)c1. The number of sulfonamides is 1. The molecule has 0 saturated carbocycles. The standard InChI is InChI=1S/C26H28BrNO4S/c1-4-14-32-25-11-6-5-10-23(25)19-12-13-24(20(16-19)15-18(2)3)26(29)28-33(30,31)22-9-7-8-21(27)17-22/h5-13,16-18H,4,14-15H2,1-3H3,(H,28,29). The van der Waals surface area contributed by atoms with E-state index in [9.17, 15) is 13.2 Å². The lowest BCUT2D eigenvalue weighted by atomic mass is 9.93. The van der Waals surface area contributed by atoms with Crippen LogP contribution in [0.15, 0.2) is 76.1 Å². The molecule has 0 radical (unpaired) electrons. The average molecular weight is 530 g/mol. The average Bonchev–Trinajstić information content (AvgIpc) is 2.77. The van der Waals surface area contributed by atoms with E-state index < -0.39 is 15.9 Å². The summed E-state index contributed by atoms with van der Waals surface area (Å²) in [5.74, 6) is 0.414. The first-order chi connectivity index (χ1) is 15.7. The van der Waals surface area contributed by atoms with Gasteiger partial charge in [0.2, 0.25) is 0 Å². The minimum atomic E-state index is -4.00. The molecule has 1 N–H and O–H groups in total. The maximum absolute atomic E-state index is 13.1. The molecule has 0 saturated heterocycles. The molecule has 0 aliphatic rings. The van der Waals surface area contributed by atoms with Crippen molar-refractivity contribution in [1.82, 2.24) is 4.72 Å². The number of benzene rings is 3. The van der Waals surface area contributed by atoms with Gasteiger partial charge in [0.1, 0.15) is 5.75 Å². The van der Waals surface area contributed by atoms with E-state index in [-0.39, 0.29) is 10.8 Å². The molecule has 0 heterocycles. The summed E-state index contributed by atoms with van der Waals surface area (Å²) in [5.41, 5.74) is 2.99. The molecule has 33 heavy (non-hydrogen) atoms. The van der Waals surface area contributed by atoms with Crippen LogP contribution in [0.3, 0.4) is 0 Å². The fourth-order valence-corrected chi connectivity index (χ4v) is 5.07. The number of carbonyl (C=O) groups is 1. The molecule has 0 unspecified atom stereocenters. The molecule has 3 aromatic carbocycles. The molecule has 0 aliphatic heterocycles. The number of hydrogen-bond acceptors (Lipinski definition) is 4. The molecule has 0 bridgehead atoms. The molecule has 5 nitrogen and oxygen atoms in total. The Hall–Kier alpha value is -2.64. The first kappa shape index (κ1) is 25.0. The van der Waals surface area contributed by atoms with Gasteiger partial charge in [-0.1, -0.05) is 73.1 Å². The first-order valence-corrected chi connectivity index (χ1v) is 13.2. The van der Waals surface area contributed by atoms with Gasteiger partial charge in [-0.25, -0.2) is 13.1 Å². The molecule has 3 rings (SSSR count). The van der Waals surface area contributed by atoms with Crippen molar-refractivity contribution in [2.75, 3.05) is 6.61 Å².